The molecule has 0 atom stereocenters. The number of hydrogen-bond donors (Lipinski definition) is 0. The van der Waals surface area contributed by atoms with Gasteiger partial charge in [0.05, 0.1) is 23.4 Å². The average Bonchev–Trinajstić information content (AvgIpc) is 3.11. The molecular weight excluding hydrogens is 332 g/mol. The van der Waals surface area contributed by atoms with Crippen LogP contribution in [0.25, 0.3) is 22.4 Å². The summed E-state index contributed by atoms with van der Waals surface area (Å²) in [6.45, 7) is 3.33. The number of alkyl halides is 2. The molecule has 3 rings (SSSR count). The average molecular weight is 349 g/mol. The minimum absolute atomic E-state index is 0.182. The minimum atomic E-state index is -2.70. The summed E-state index contributed by atoms with van der Waals surface area (Å²) in [4.78, 5) is 16.2. The predicted octanol–water partition coefficient (Wildman–Crippen LogP) is 2.64. The van der Waals surface area contributed by atoms with E-state index in [9.17, 15) is 13.6 Å². The van der Waals surface area contributed by atoms with Crippen LogP contribution >= 0.6 is 0 Å². The number of aryl methyl sites for hydroxylation is 2. The highest BCUT2D eigenvalue weighted by Gasteiger charge is 2.22. The highest BCUT2D eigenvalue weighted by molar-refractivity contribution is 5.86. The van der Waals surface area contributed by atoms with Gasteiger partial charge in [0.2, 0.25) is 0 Å². The number of carbonyl (C=O) groups is 1. The summed E-state index contributed by atoms with van der Waals surface area (Å²) in [6.07, 6.45) is -1.00. The van der Waals surface area contributed by atoms with E-state index in [1.165, 1.54) is 10.7 Å². The molecule has 0 aliphatic heterocycles. The Balaban J connectivity index is 2.19. The molecule has 3 aromatic rings. The number of aromatic nitrogens is 5. The number of rotatable bonds is 5. The van der Waals surface area contributed by atoms with Crippen LogP contribution in [0.1, 0.15) is 24.6 Å². The number of pyridine rings is 1. The number of ether oxygens (including phenoxy) is 1. The minimum Gasteiger partial charge on any atom is -0.465 e. The molecule has 0 unspecified atom stereocenters. The van der Waals surface area contributed by atoms with Gasteiger partial charge >= 0.3 is 5.97 Å². The number of fused-ring (bicyclic) bond motifs is 1. The van der Waals surface area contributed by atoms with Gasteiger partial charge in [-0.3, -0.25) is 9.48 Å². The number of halogens is 2. The third-order valence-electron chi connectivity index (χ3n) is 3.70. The Morgan fingerprint density at radius 2 is 2.08 bits per heavy atom. The first-order chi connectivity index (χ1) is 11.9. The third kappa shape index (κ3) is 3.21. The topological polar surface area (TPSA) is 74.8 Å². The molecule has 0 spiro atoms. The summed E-state index contributed by atoms with van der Waals surface area (Å²) < 4.78 is 34.9. The number of nitrogens with zero attached hydrogens (tertiary/aromatic N) is 5. The molecule has 0 aliphatic rings. The molecule has 0 N–H and O–H groups in total. The Hall–Kier alpha value is -2.84. The van der Waals surface area contributed by atoms with Gasteiger partial charge in [0.1, 0.15) is 12.2 Å². The Morgan fingerprint density at radius 1 is 1.32 bits per heavy atom. The molecule has 0 aliphatic carbocycles. The van der Waals surface area contributed by atoms with Crippen LogP contribution in [0.5, 0.6) is 0 Å². The zero-order valence-electron chi connectivity index (χ0n) is 14.0. The highest BCUT2D eigenvalue weighted by Crippen LogP contribution is 2.32. The summed E-state index contributed by atoms with van der Waals surface area (Å²) in [5.74, 6) is -0.504. The van der Waals surface area contributed by atoms with E-state index in [2.05, 4.69) is 15.2 Å². The van der Waals surface area contributed by atoms with Gasteiger partial charge in [0, 0.05) is 18.8 Å². The molecule has 3 aromatic heterocycles. The lowest BCUT2D eigenvalue weighted by atomic mass is 10.1. The third-order valence-corrected chi connectivity index (χ3v) is 3.70. The van der Waals surface area contributed by atoms with Crippen LogP contribution in [0.15, 0.2) is 18.3 Å². The molecule has 0 radical (unpaired) electrons. The number of carbonyl (C=O) groups excluding carboxylic acids is 1. The van der Waals surface area contributed by atoms with Crippen LogP contribution in [0, 0.1) is 6.92 Å². The first kappa shape index (κ1) is 17.0. The van der Waals surface area contributed by atoms with Crippen LogP contribution in [0.2, 0.25) is 0 Å². The first-order valence-electron chi connectivity index (χ1n) is 7.72. The monoisotopic (exact) mass is 349 g/mol. The molecule has 7 nitrogen and oxygen atoms in total. The number of hydrogen-bond acceptors (Lipinski definition) is 5. The van der Waals surface area contributed by atoms with Gasteiger partial charge < -0.3 is 4.74 Å². The largest absolute Gasteiger partial charge is 0.465 e. The summed E-state index contributed by atoms with van der Waals surface area (Å²) in [7, 11) is 1.73. The van der Waals surface area contributed by atoms with Crippen LogP contribution in [0.3, 0.4) is 0 Å². The lowest BCUT2D eigenvalue weighted by molar-refractivity contribution is -0.143. The van der Waals surface area contributed by atoms with Crippen LogP contribution in [0.4, 0.5) is 8.78 Å². The summed E-state index contributed by atoms with van der Waals surface area (Å²) >= 11 is 0. The van der Waals surface area contributed by atoms with Gasteiger partial charge in [-0.25, -0.2) is 18.4 Å². The lowest BCUT2D eigenvalue weighted by Gasteiger charge is -2.07. The Morgan fingerprint density at radius 3 is 2.68 bits per heavy atom. The van der Waals surface area contributed by atoms with Crippen LogP contribution < -0.4 is 0 Å². The quantitative estimate of drug-likeness (QED) is 0.662. The molecule has 0 bridgehead atoms. The van der Waals surface area contributed by atoms with E-state index >= 15 is 0 Å². The van der Waals surface area contributed by atoms with E-state index in [4.69, 9.17) is 4.74 Å². The molecular formula is C16H17F2N5O2. The van der Waals surface area contributed by atoms with Crippen LogP contribution in [-0.2, 0) is 23.1 Å². The molecule has 9 heteroatoms. The van der Waals surface area contributed by atoms with Gasteiger partial charge in [-0.15, -0.1) is 0 Å². The van der Waals surface area contributed by atoms with Crippen molar-refractivity contribution in [3.63, 3.8) is 0 Å². The fourth-order valence-electron chi connectivity index (χ4n) is 2.68. The molecule has 25 heavy (non-hydrogen) atoms. The van der Waals surface area contributed by atoms with Crippen molar-refractivity contribution < 1.29 is 18.3 Å². The summed E-state index contributed by atoms with van der Waals surface area (Å²) in [6, 6.07) is 3.00. The number of esters is 1. The van der Waals surface area contributed by atoms with Gasteiger partial charge in [0.25, 0.3) is 6.43 Å². The van der Waals surface area contributed by atoms with E-state index in [0.29, 0.717) is 17.1 Å². The van der Waals surface area contributed by atoms with Gasteiger partial charge in [-0.05, 0) is 26.0 Å². The normalized spacial score (nSPS) is 11.4. The van der Waals surface area contributed by atoms with E-state index in [0.717, 1.165) is 0 Å². The maximum atomic E-state index is 13.6. The lowest BCUT2D eigenvalue weighted by Crippen LogP contribution is -2.15. The SMILES string of the molecule is CCOC(=O)Cn1nc(C)c2c(C(F)F)cc(-c3ccn(C)n3)nc21. The molecule has 0 saturated carbocycles. The fraction of sp³-hybridized carbons (Fsp3) is 0.375. The molecule has 0 amide bonds. The Bertz CT molecular complexity index is 932. The fourth-order valence-corrected chi connectivity index (χ4v) is 2.68. The second-order valence-electron chi connectivity index (χ2n) is 5.52. The van der Waals surface area contributed by atoms with E-state index in [1.54, 1.807) is 37.8 Å². The Kier molecular flexibility index (Phi) is 4.47. The second-order valence-corrected chi connectivity index (χ2v) is 5.52. The smallest absolute Gasteiger partial charge is 0.327 e. The predicted molar refractivity (Wildman–Crippen MR) is 86.1 cm³/mol. The zero-order valence-corrected chi connectivity index (χ0v) is 14.0. The molecule has 0 fully saturated rings. The van der Waals surface area contributed by atoms with Gasteiger partial charge in [0.15, 0.2) is 5.65 Å². The molecule has 0 saturated heterocycles. The van der Waals surface area contributed by atoms with E-state index < -0.39 is 12.4 Å². The summed E-state index contributed by atoms with van der Waals surface area (Å²) in [5.41, 5.74) is 1.18. The van der Waals surface area contributed by atoms with E-state index in [1.807, 2.05) is 0 Å². The van der Waals surface area contributed by atoms with Crippen molar-refractivity contribution in [2.45, 2.75) is 26.8 Å². The van der Waals surface area contributed by atoms with Crippen molar-refractivity contribution in [1.82, 2.24) is 24.5 Å². The highest BCUT2D eigenvalue weighted by atomic mass is 19.3. The van der Waals surface area contributed by atoms with Crippen molar-refractivity contribution in [2.24, 2.45) is 7.05 Å². The Labute approximate surface area is 142 Å². The van der Waals surface area contributed by atoms with Gasteiger partial charge in [-0.2, -0.15) is 10.2 Å². The zero-order chi connectivity index (χ0) is 18.1. The summed E-state index contributed by atoms with van der Waals surface area (Å²) in [5, 5.41) is 8.64. The van der Waals surface area contributed by atoms with Crippen molar-refractivity contribution >= 4 is 17.0 Å². The maximum absolute atomic E-state index is 13.6. The molecule has 3 heterocycles. The molecule has 132 valence electrons. The molecule has 0 aromatic carbocycles. The second kappa shape index (κ2) is 6.58. The first-order valence-corrected chi connectivity index (χ1v) is 7.72. The van der Waals surface area contributed by atoms with Crippen molar-refractivity contribution in [3.05, 3.63) is 29.6 Å². The standard InChI is InChI=1S/C16H17F2N5O2/c1-4-25-13(24)8-23-16-14(9(2)20-23)10(15(17)18)7-12(19-16)11-5-6-22(3)21-11/h5-7,15H,4,8H2,1-3H3. The van der Waals surface area contributed by atoms with Crippen molar-refractivity contribution in [3.8, 4) is 11.4 Å². The van der Waals surface area contributed by atoms with Crippen molar-refractivity contribution in [1.29, 1.82) is 0 Å². The van der Waals surface area contributed by atoms with Crippen LogP contribution in [-0.4, -0.2) is 37.1 Å². The van der Waals surface area contributed by atoms with Gasteiger partial charge in [-0.1, -0.05) is 0 Å². The van der Waals surface area contributed by atoms with Crippen molar-refractivity contribution in [2.75, 3.05) is 6.61 Å². The van der Waals surface area contributed by atoms with E-state index in [-0.39, 0.29) is 29.7 Å². The maximum Gasteiger partial charge on any atom is 0.327 e.